The first kappa shape index (κ1) is 25.6. The predicted molar refractivity (Wildman–Crippen MR) is 116 cm³/mol. The molecular weight excluding hydrogens is 432 g/mol. The summed E-state index contributed by atoms with van der Waals surface area (Å²) >= 11 is 0. The Kier molecular flexibility index (Phi) is 6.99. The van der Waals surface area contributed by atoms with Crippen molar-refractivity contribution in [1.29, 1.82) is 0 Å². The third kappa shape index (κ3) is 4.42. The summed E-state index contributed by atoms with van der Waals surface area (Å²) in [4.78, 5) is 33.1. The van der Waals surface area contributed by atoms with Crippen molar-refractivity contribution in [1.82, 2.24) is 0 Å². The lowest BCUT2D eigenvalue weighted by Gasteiger charge is -2.58. The number of esters is 2. The first-order chi connectivity index (χ1) is 15.3. The summed E-state index contributed by atoms with van der Waals surface area (Å²) in [5, 5.41) is 18.2. The zero-order chi connectivity index (χ0) is 24.8. The second-order valence-electron chi connectivity index (χ2n) is 10.4. The molecule has 2 aliphatic carbocycles. The molecule has 2 saturated heterocycles. The fraction of sp³-hybridized carbons (Fsp3) is 0.792. The summed E-state index contributed by atoms with van der Waals surface area (Å²) in [7, 11) is 0. The van der Waals surface area contributed by atoms with Gasteiger partial charge < -0.3 is 29.2 Å². The van der Waals surface area contributed by atoms with Crippen molar-refractivity contribution < 1.29 is 43.5 Å². The zero-order valence-electron chi connectivity index (χ0n) is 20.3. The highest BCUT2D eigenvalue weighted by atomic mass is 16.6. The van der Waals surface area contributed by atoms with Crippen molar-refractivity contribution in [2.45, 2.75) is 90.8 Å². The molecule has 2 heterocycles. The molecule has 186 valence electrons. The van der Waals surface area contributed by atoms with E-state index < -0.39 is 40.7 Å². The van der Waals surface area contributed by atoms with Crippen LogP contribution < -0.4 is 0 Å². The molecule has 0 aromatic rings. The number of aliphatic hydroxyl groups excluding tert-OH is 1. The number of fused-ring (bicyclic) bond motifs is 2. The quantitative estimate of drug-likeness (QED) is 0.354. The van der Waals surface area contributed by atoms with E-state index in [1.54, 1.807) is 0 Å². The molecule has 9 nitrogen and oxygen atoms in total. The highest BCUT2D eigenvalue weighted by molar-refractivity contribution is 5.70. The number of hydrogen-bond donors (Lipinski definition) is 2. The van der Waals surface area contributed by atoms with E-state index in [-0.39, 0.29) is 30.6 Å². The van der Waals surface area contributed by atoms with Gasteiger partial charge >= 0.3 is 11.9 Å². The molecular formula is C24H36O9. The van der Waals surface area contributed by atoms with E-state index in [2.05, 4.69) is 6.92 Å². The van der Waals surface area contributed by atoms with Gasteiger partial charge in [0, 0.05) is 37.5 Å². The lowest BCUT2D eigenvalue weighted by Crippen LogP contribution is -2.66. The van der Waals surface area contributed by atoms with Crippen molar-refractivity contribution in [2.24, 2.45) is 16.7 Å². The van der Waals surface area contributed by atoms with Crippen molar-refractivity contribution in [3.05, 3.63) is 11.6 Å². The fourth-order valence-electron chi connectivity index (χ4n) is 5.89. The van der Waals surface area contributed by atoms with E-state index in [1.807, 2.05) is 26.8 Å². The van der Waals surface area contributed by atoms with Crippen LogP contribution in [0.15, 0.2) is 11.6 Å². The Hall–Kier alpha value is -1.97. The molecule has 1 saturated carbocycles. The molecule has 9 heteroatoms. The van der Waals surface area contributed by atoms with Gasteiger partial charge in [-0.2, -0.15) is 0 Å². The normalized spacial score (nSPS) is 40.3. The maximum Gasteiger partial charge on any atom is 0.306 e. The summed E-state index contributed by atoms with van der Waals surface area (Å²) in [6, 6.07) is 0. The average Bonchev–Trinajstić information content (AvgIpc) is 3.43. The van der Waals surface area contributed by atoms with Crippen LogP contribution in [-0.2, 0) is 33.3 Å². The Morgan fingerprint density at radius 1 is 1.24 bits per heavy atom. The van der Waals surface area contributed by atoms with Crippen LogP contribution in [0.25, 0.3) is 0 Å². The minimum absolute atomic E-state index is 0.135. The SMILES string of the molecule is CC(=O)O.CC(=O)OC[C@]12C[C@H](OC(=O)CC(C)C)C(C)=C[C@H]1O[C@@H]1[C@H](O)C[C@@]2(C)[C@]12CO2. The standard InChI is InChI=1S/C22H32O7.C2H4O2/c1-12(2)6-18(25)28-16-9-21(10-26-14(4)23)17(7-13(16)3)29-19-15(24)8-20(21,5)22(19)11-27-22;1-2(3)4/h7,12,15-17,19,24H,6,8-11H2,1-5H3;1H3,(H,3,4)/t15-,16+,17-,19-,20-,21-,22+;/m1./s1. The molecule has 0 radical (unpaired) electrons. The van der Waals surface area contributed by atoms with Crippen LogP contribution >= 0.6 is 0 Å². The number of carboxylic acids is 1. The van der Waals surface area contributed by atoms with Crippen LogP contribution in [-0.4, -0.2) is 71.4 Å². The maximum absolute atomic E-state index is 12.4. The molecule has 1 spiro atoms. The molecule has 0 amide bonds. The molecule has 4 aliphatic rings. The topological polar surface area (TPSA) is 132 Å². The van der Waals surface area contributed by atoms with Crippen molar-refractivity contribution in [3.63, 3.8) is 0 Å². The van der Waals surface area contributed by atoms with E-state index in [4.69, 9.17) is 28.8 Å². The van der Waals surface area contributed by atoms with Gasteiger partial charge in [-0.05, 0) is 24.8 Å². The van der Waals surface area contributed by atoms with Crippen molar-refractivity contribution in [2.75, 3.05) is 13.2 Å². The maximum atomic E-state index is 12.4. The van der Waals surface area contributed by atoms with Crippen LogP contribution in [0.5, 0.6) is 0 Å². The van der Waals surface area contributed by atoms with Gasteiger partial charge in [0.15, 0.2) is 0 Å². The summed E-state index contributed by atoms with van der Waals surface area (Å²) in [6.45, 7) is 11.1. The van der Waals surface area contributed by atoms with Crippen LogP contribution in [0.4, 0.5) is 0 Å². The molecule has 2 N–H and O–H groups in total. The second-order valence-corrected chi connectivity index (χ2v) is 10.4. The number of carbonyl (C=O) groups excluding carboxylic acids is 2. The molecule has 2 bridgehead atoms. The highest BCUT2D eigenvalue weighted by Gasteiger charge is 2.81. The lowest BCUT2D eigenvalue weighted by molar-refractivity contribution is -0.230. The molecule has 33 heavy (non-hydrogen) atoms. The van der Waals surface area contributed by atoms with E-state index in [1.165, 1.54) is 6.92 Å². The fourth-order valence-corrected chi connectivity index (χ4v) is 5.89. The average molecular weight is 469 g/mol. The number of carboxylic acid groups (broad SMARTS) is 1. The highest BCUT2D eigenvalue weighted by Crippen LogP contribution is 2.71. The largest absolute Gasteiger partial charge is 0.481 e. The van der Waals surface area contributed by atoms with Gasteiger partial charge in [0.25, 0.3) is 5.97 Å². The van der Waals surface area contributed by atoms with Gasteiger partial charge in [0.1, 0.15) is 24.4 Å². The Labute approximate surface area is 194 Å². The van der Waals surface area contributed by atoms with Gasteiger partial charge in [-0.3, -0.25) is 14.4 Å². The van der Waals surface area contributed by atoms with E-state index >= 15 is 0 Å². The summed E-state index contributed by atoms with van der Waals surface area (Å²) in [6.07, 6.45) is 1.50. The van der Waals surface area contributed by atoms with Crippen molar-refractivity contribution in [3.8, 4) is 0 Å². The Morgan fingerprint density at radius 2 is 1.85 bits per heavy atom. The number of hydrogen-bond acceptors (Lipinski definition) is 8. The van der Waals surface area contributed by atoms with Crippen LogP contribution in [0, 0.1) is 16.7 Å². The molecule has 7 atom stereocenters. The Balaban J connectivity index is 0.000000709. The van der Waals surface area contributed by atoms with E-state index in [0.29, 0.717) is 25.9 Å². The summed E-state index contributed by atoms with van der Waals surface area (Å²) < 4.78 is 23.7. The summed E-state index contributed by atoms with van der Waals surface area (Å²) in [5.41, 5.74) is -0.765. The van der Waals surface area contributed by atoms with Crippen molar-refractivity contribution >= 4 is 17.9 Å². The molecule has 0 aromatic carbocycles. The third-order valence-corrected chi connectivity index (χ3v) is 7.61. The number of carbonyl (C=O) groups is 3. The molecule has 3 fully saturated rings. The molecule has 4 rings (SSSR count). The van der Waals surface area contributed by atoms with Gasteiger partial charge in [-0.15, -0.1) is 0 Å². The number of epoxide rings is 1. The van der Waals surface area contributed by atoms with Crippen LogP contribution in [0.2, 0.25) is 0 Å². The predicted octanol–water partition coefficient (Wildman–Crippen LogP) is 2.24. The van der Waals surface area contributed by atoms with Crippen LogP contribution in [0.1, 0.15) is 60.8 Å². The number of aliphatic hydroxyl groups is 1. The lowest BCUT2D eigenvalue weighted by atomic mass is 9.51. The second kappa shape index (κ2) is 9.00. The van der Waals surface area contributed by atoms with Crippen LogP contribution in [0.3, 0.4) is 0 Å². The van der Waals surface area contributed by atoms with E-state index in [0.717, 1.165) is 12.5 Å². The first-order valence-electron chi connectivity index (χ1n) is 11.5. The van der Waals surface area contributed by atoms with E-state index in [9.17, 15) is 14.7 Å². The first-order valence-corrected chi connectivity index (χ1v) is 11.5. The van der Waals surface area contributed by atoms with Gasteiger partial charge in [-0.25, -0.2) is 0 Å². The smallest absolute Gasteiger partial charge is 0.306 e. The third-order valence-electron chi connectivity index (χ3n) is 7.61. The molecule has 2 aliphatic heterocycles. The zero-order valence-corrected chi connectivity index (χ0v) is 20.3. The Morgan fingerprint density at radius 3 is 2.36 bits per heavy atom. The monoisotopic (exact) mass is 468 g/mol. The number of aliphatic carboxylic acids is 1. The molecule has 0 aromatic heterocycles. The number of rotatable bonds is 5. The molecule has 0 unspecified atom stereocenters. The Bertz CT molecular complexity index is 826. The number of ether oxygens (including phenoxy) is 4. The minimum atomic E-state index is -0.833. The minimum Gasteiger partial charge on any atom is -0.481 e. The van der Waals surface area contributed by atoms with Gasteiger partial charge in [-0.1, -0.05) is 26.8 Å². The van der Waals surface area contributed by atoms with Gasteiger partial charge in [0.2, 0.25) is 0 Å². The summed E-state index contributed by atoms with van der Waals surface area (Å²) in [5.74, 6) is -1.22. The van der Waals surface area contributed by atoms with Gasteiger partial charge in [0.05, 0.1) is 18.8 Å².